The number of benzene rings is 1. The Hall–Kier alpha value is -2.49. The highest BCUT2D eigenvalue weighted by molar-refractivity contribution is 5.92. The Balaban J connectivity index is 2.16. The first-order valence-electron chi connectivity index (χ1n) is 6.28. The first kappa shape index (κ1) is 11.6. The van der Waals surface area contributed by atoms with Gasteiger partial charge in [-0.1, -0.05) is 24.3 Å². The molecule has 0 saturated carbocycles. The molecule has 1 N–H and O–H groups in total. The highest BCUT2D eigenvalue weighted by Crippen LogP contribution is 2.26. The Morgan fingerprint density at radius 2 is 1.95 bits per heavy atom. The molecular weight excluding hydrogens is 236 g/mol. The van der Waals surface area contributed by atoms with Crippen LogP contribution in [0.3, 0.4) is 0 Å². The first-order valence-corrected chi connectivity index (χ1v) is 6.28. The summed E-state index contributed by atoms with van der Waals surface area (Å²) in [5.41, 5.74) is 2.88. The van der Waals surface area contributed by atoms with Gasteiger partial charge in [0.05, 0.1) is 11.2 Å². The van der Waals surface area contributed by atoms with Gasteiger partial charge in [-0.25, -0.2) is 9.97 Å². The summed E-state index contributed by atoms with van der Waals surface area (Å²) < 4.78 is 0. The molecule has 1 aromatic carbocycles. The maximum absolute atomic E-state index is 4.45. The summed E-state index contributed by atoms with van der Waals surface area (Å²) >= 11 is 0. The summed E-state index contributed by atoms with van der Waals surface area (Å²) in [6.45, 7) is 2.88. The molecule has 2 aromatic heterocycles. The van der Waals surface area contributed by atoms with Crippen LogP contribution in [0.1, 0.15) is 6.92 Å². The number of para-hydroxylation sites is 1. The van der Waals surface area contributed by atoms with Crippen molar-refractivity contribution >= 4 is 16.7 Å². The second-order valence-electron chi connectivity index (χ2n) is 4.20. The van der Waals surface area contributed by atoms with Crippen molar-refractivity contribution in [3.05, 3.63) is 48.9 Å². The lowest BCUT2D eigenvalue weighted by molar-refractivity contribution is 1.11. The molecule has 0 radical (unpaired) electrons. The van der Waals surface area contributed by atoms with E-state index in [1.807, 2.05) is 31.2 Å². The first-order chi connectivity index (χ1) is 9.38. The van der Waals surface area contributed by atoms with E-state index in [0.717, 1.165) is 34.5 Å². The monoisotopic (exact) mass is 250 g/mol. The highest BCUT2D eigenvalue weighted by Gasteiger charge is 2.06. The van der Waals surface area contributed by atoms with Gasteiger partial charge < -0.3 is 5.32 Å². The molecule has 3 rings (SSSR count). The number of fused-ring (bicyclic) bond motifs is 1. The second kappa shape index (κ2) is 5.02. The number of rotatable bonds is 3. The molecule has 4 nitrogen and oxygen atoms in total. The zero-order chi connectivity index (χ0) is 13.1. The summed E-state index contributed by atoms with van der Waals surface area (Å²) in [6.07, 6.45) is 3.38. The minimum atomic E-state index is 0.834. The van der Waals surface area contributed by atoms with E-state index in [1.165, 1.54) is 0 Å². The standard InChI is InChI=1S/C15H14N4/c1-2-16-14-9-13(18-10-19-14)12-7-3-5-11-6-4-8-17-15(11)12/h3-10H,2H2,1H3,(H,16,18,19). The van der Waals surface area contributed by atoms with Crippen LogP contribution in [-0.2, 0) is 0 Å². The van der Waals surface area contributed by atoms with Crippen LogP contribution in [-0.4, -0.2) is 21.5 Å². The molecule has 3 aromatic rings. The largest absolute Gasteiger partial charge is 0.370 e. The zero-order valence-electron chi connectivity index (χ0n) is 10.7. The molecule has 0 saturated heterocycles. The van der Waals surface area contributed by atoms with Crippen LogP contribution in [0.4, 0.5) is 5.82 Å². The van der Waals surface area contributed by atoms with Crippen molar-refractivity contribution in [3.63, 3.8) is 0 Å². The van der Waals surface area contributed by atoms with E-state index in [9.17, 15) is 0 Å². The third kappa shape index (κ3) is 2.25. The molecule has 0 bridgehead atoms. The van der Waals surface area contributed by atoms with E-state index in [1.54, 1.807) is 12.5 Å². The maximum Gasteiger partial charge on any atom is 0.129 e. The number of hydrogen-bond acceptors (Lipinski definition) is 4. The highest BCUT2D eigenvalue weighted by atomic mass is 15.0. The number of aromatic nitrogens is 3. The van der Waals surface area contributed by atoms with E-state index in [4.69, 9.17) is 0 Å². The van der Waals surface area contributed by atoms with Crippen molar-refractivity contribution in [2.24, 2.45) is 0 Å². The van der Waals surface area contributed by atoms with Gasteiger partial charge in [0.15, 0.2) is 0 Å². The van der Waals surface area contributed by atoms with E-state index in [2.05, 4.69) is 32.4 Å². The van der Waals surface area contributed by atoms with Crippen LogP contribution in [0, 0.1) is 0 Å². The average molecular weight is 250 g/mol. The lowest BCUT2D eigenvalue weighted by Gasteiger charge is -2.07. The lowest BCUT2D eigenvalue weighted by atomic mass is 10.1. The van der Waals surface area contributed by atoms with Gasteiger partial charge in [-0.05, 0) is 13.0 Å². The van der Waals surface area contributed by atoms with Crippen LogP contribution in [0.25, 0.3) is 22.2 Å². The molecule has 0 aliphatic carbocycles. The van der Waals surface area contributed by atoms with Gasteiger partial charge >= 0.3 is 0 Å². The van der Waals surface area contributed by atoms with Crippen LogP contribution in [0.15, 0.2) is 48.9 Å². The van der Waals surface area contributed by atoms with Crippen molar-refractivity contribution in [1.29, 1.82) is 0 Å². The minimum absolute atomic E-state index is 0.834. The quantitative estimate of drug-likeness (QED) is 0.776. The van der Waals surface area contributed by atoms with Crippen molar-refractivity contribution in [2.45, 2.75) is 6.92 Å². The Morgan fingerprint density at radius 1 is 1.05 bits per heavy atom. The van der Waals surface area contributed by atoms with Crippen molar-refractivity contribution < 1.29 is 0 Å². The van der Waals surface area contributed by atoms with Crippen molar-refractivity contribution in [1.82, 2.24) is 15.0 Å². The van der Waals surface area contributed by atoms with Gasteiger partial charge in [0.1, 0.15) is 12.1 Å². The topological polar surface area (TPSA) is 50.7 Å². The van der Waals surface area contributed by atoms with E-state index < -0.39 is 0 Å². The van der Waals surface area contributed by atoms with Crippen LogP contribution in [0.2, 0.25) is 0 Å². The van der Waals surface area contributed by atoms with Crippen molar-refractivity contribution in [2.75, 3.05) is 11.9 Å². The fourth-order valence-corrected chi connectivity index (χ4v) is 2.09. The van der Waals surface area contributed by atoms with Gasteiger partial charge in [0.2, 0.25) is 0 Å². The average Bonchev–Trinajstić information content (AvgIpc) is 2.47. The summed E-state index contributed by atoms with van der Waals surface area (Å²) in [6, 6.07) is 12.1. The van der Waals surface area contributed by atoms with Gasteiger partial charge in [0.25, 0.3) is 0 Å². The molecule has 94 valence electrons. The summed E-state index contributed by atoms with van der Waals surface area (Å²) in [5.74, 6) is 0.834. The molecule has 0 amide bonds. The number of hydrogen-bond donors (Lipinski definition) is 1. The van der Waals surface area contributed by atoms with E-state index in [0.29, 0.717) is 0 Å². The third-order valence-corrected chi connectivity index (χ3v) is 2.93. The van der Waals surface area contributed by atoms with E-state index in [-0.39, 0.29) is 0 Å². The minimum Gasteiger partial charge on any atom is -0.370 e. The summed E-state index contributed by atoms with van der Waals surface area (Å²) in [4.78, 5) is 13.0. The number of pyridine rings is 1. The number of nitrogens with one attached hydrogen (secondary N) is 1. The Morgan fingerprint density at radius 3 is 2.84 bits per heavy atom. The Bertz CT molecular complexity index is 704. The van der Waals surface area contributed by atoms with Crippen LogP contribution >= 0.6 is 0 Å². The van der Waals surface area contributed by atoms with Gasteiger partial charge in [-0.2, -0.15) is 0 Å². The molecule has 0 fully saturated rings. The second-order valence-corrected chi connectivity index (χ2v) is 4.20. The third-order valence-electron chi connectivity index (χ3n) is 2.93. The van der Waals surface area contributed by atoms with Crippen molar-refractivity contribution in [3.8, 4) is 11.3 Å². The molecule has 0 spiro atoms. The summed E-state index contributed by atoms with van der Waals surface area (Å²) in [5, 5.41) is 4.31. The number of nitrogens with zero attached hydrogens (tertiary/aromatic N) is 3. The van der Waals surface area contributed by atoms with Gasteiger partial charge in [-0.3, -0.25) is 4.98 Å². The Kier molecular flexibility index (Phi) is 3.06. The molecular formula is C15H14N4. The molecule has 4 heteroatoms. The van der Waals surface area contributed by atoms with Crippen LogP contribution < -0.4 is 5.32 Å². The number of anilines is 1. The fraction of sp³-hybridized carbons (Fsp3) is 0.133. The molecule has 0 aliphatic rings. The fourth-order valence-electron chi connectivity index (χ4n) is 2.09. The smallest absolute Gasteiger partial charge is 0.129 e. The lowest BCUT2D eigenvalue weighted by Crippen LogP contribution is -2.00. The van der Waals surface area contributed by atoms with Crippen LogP contribution in [0.5, 0.6) is 0 Å². The normalized spacial score (nSPS) is 10.6. The van der Waals surface area contributed by atoms with Gasteiger partial charge in [0, 0.05) is 29.8 Å². The molecule has 2 heterocycles. The van der Waals surface area contributed by atoms with E-state index >= 15 is 0 Å². The molecule has 0 aliphatic heterocycles. The molecule has 19 heavy (non-hydrogen) atoms. The maximum atomic E-state index is 4.45. The SMILES string of the molecule is CCNc1cc(-c2cccc3cccnc23)ncn1. The van der Waals surface area contributed by atoms with Gasteiger partial charge in [-0.15, -0.1) is 0 Å². The predicted molar refractivity (Wildman–Crippen MR) is 76.9 cm³/mol. The summed E-state index contributed by atoms with van der Waals surface area (Å²) in [7, 11) is 0. The zero-order valence-corrected chi connectivity index (χ0v) is 10.7. The predicted octanol–water partition coefficient (Wildman–Crippen LogP) is 3.12. The molecule has 0 unspecified atom stereocenters. The Labute approximate surface area is 111 Å². The molecule has 0 atom stereocenters.